The van der Waals surface area contributed by atoms with Gasteiger partial charge in [-0.05, 0) is 118 Å². The van der Waals surface area contributed by atoms with Crippen molar-refractivity contribution in [3.8, 4) is 0 Å². The van der Waals surface area contributed by atoms with Gasteiger partial charge < -0.3 is 20.9 Å². The second-order valence-corrected chi connectivity index (χ2v) is 14.2. The third-order valence-corrected chi connectivity index (χ3v) is 11.5. The molecule has 4 fully saturated rings. The van der Waals surface area contributed by atoms with Gasteiger partial charge in [0, 0.05) is 5.92 Å². The molecule has 216 valence electrons. The van der Waals surface area contributed by atoms with Gasteiger partial charge in [0.15, 0.2) is 0 Å². The van der Waals surface area contributed by atoms with Gasteiger partial charge in [0.1, 0.15) is 24.0 Å². The molecule has 0 aromatic heterocycles. The Labute approximate surface area is 229 Å². The van der Waals surface area contributed by atoms with Crippen LogP contribution in [-0.2, 0) is 19.1 Å². The highest BCUT2D eigenvalue weighted by Gasteiger charge is 2.61. The topological polar surface area (TPSA) is 119 Å². The summed E-state index contributed by atoms with van der Waals surface area (Å²) in [5.41, 5.74) is 6.23. The average Bonchev–Trinajstić information content (AvgIpc) is 3.20. The van der Waals surface area contributed by atoms with Crippen molar-refractivity contribution in [2.24, 2.45) is 52.1 Å². The summed E-state index contributed by atoms with van der Waals surface area (Å²) in [4.78, 5) is 38.1. The SMILES string of the molecule is CC(=O)[C@H]1CC[C@H]2[C@@H]3CC[C@H]4C[C@H](OC(=O)[C@H](CC(C)C)NC(=O)[C@@H](N)[C@@H](C)O)CC[C@]4(C)[C@H]3CC[C@]12C. The molecule has 0 spiro atoms. The predicted octanol–water partition coefficient (Wildman–Crippen LogP) is 4.39. The van der Waals surface area contributed by atoms with Crippen molar-refractivity contribution in [3.05, 3.63) is 0 Å². The molecule has 0 bridgehead atoms. The van der Waals surface area contributed by atoms with E-state index in [2.05, 4.69) is 19.2 Å². The number of nitrogens with one attached hydrogen (secondary N) is 1. The number of nitrogens with two attached hydrogens (primary N) is 1. The van der Waals surface area contributed by atoms with Gasteiger partial charge >= 0.3 is 5.97 Å². The first-order valence-electron chi connectivity index (χ1n) is 15.2. The zero-order chi connectivity index (χ0) is 28.0. The molecule has 1 amide bonds. The summed E-state index contributed by atoms with van der Waals surface area (Å²) in [6, 6.07) is -1.84. The Morgan fingerprint density at radius 1 is 0.974 bits per heavy atom. The van der Waals surface area contributed by atoms with Crippen LogP contribution in [-0.4, -0.2) is 47.1 Å². The fourth-order valence-electron chi connectivity index (χ4n) is 9.41. The maximum atomic E-state index is 13.2. The number of hydrogen-bond donors (Lipinski definition) is 3. The summed E-state index contributed by atoms with van der Waals surface area (Å²) in [6.07, 6.45) is 9.18. The molecule has 4 aliphatic carbocycles. The third-order valence-electron chi connectivity index (χ3n) is 11.5. The Morgan fingerprint density at radius 3 is 2.26 bits per heavy atom. The van der Waals surface area contributed by atoms with Gasteiger partial charge in [-0.25, -0.2) is 4.79 Å². The largest absolute Gasteiger partial charge is 0.461 e. The van der Waals surface area contributed by atoms with Gasteiger partial charge in [0.2, 0.25) is 5.91 Å². The molecule has 4 saturated carbocycles. The molecule has 0 unspecified atom stereocenters. The van der Waals surface area contributed by atoms with E-state index >= 15 is 0 Å². The van der Waals surface area contributed by atoms with Gasteiger partial charge in [-0.1, -0.05) is 27.7 Å². The van der Waals surface area contributed by atoms with Crippen molar-refractivity contribution >= 4 is 17.7 Å². The lowest BCUT2D eigenvalue weighted by Gasteiger charge is -2.61. The van der Waals surface area contributed by atoms with Gasteiger partial charge in [-0.15, -0.1) is 0 Å². The van der Waals surface area contributed by atoms with Crippen LogP contribution in [0.2, 0.25) is 0 Å². The van der Waals surface area contributed by atoms with Crippen LogP contribution in [0, 0.1) is 46.3 Å². The van der Waals surface area contributed by atoms with Crippen molar-refractivity contribution in [3.63, 3.8) is 0 Å². The van der Waals surface area contributed by atoms with E-state index in [9.17, 15) is 19.5 Å². The van der Waals surface area contributed by atoms with Crippen molar-refractivity contribution < 1.29 is 24.2 Å². The molecule has 38 heavy (non-hydrogen) atoms. The normalized spacial score (nSPS) is 40.8. The van der Waals surface area contributed by atoms with Crippen molar-refractivity contribution in [1.29, 1.82) is 0 Å². The summed E-state index contributed by atoms with van der Waals surface area (Å²) in [6.45, 7) is 12.2. The van der Waals surface area contributed by atoms with Crippen LogP contribution in [0.15, 0.2) is 0 Å². The minimum absolute atomic E-state index is 0.128. The first-order valence-corrected chi connectivity index (χ1v) is 15.2. The summed E-state index contributed by atoms with van der Waals surface area (Å²) in [5.74, 6) is 2.50. The summed E-state index contributed by atoms with van der Waals surface area (Å²) >= 11 is 0. The van der Waals surface area contributed by atoms with E-state index < -0.39 is 24.1 Å². The Balaban J connectivity index is 1.40. The number of amides is 1. The van der Waals surface area contributed by atoms with Crippen LogP contribution >= 0.6 is 0 Å². The summed E-state index contributed by atoms with van der Waals surface area (Å²) < 4.78 is 6.06. The first-order chi connectivity index (χ1) is 17.8. The van der Waals surface area contributed by atoms with E-state index in [1.54, 1.807) is 6.92 Å². The van der Waals surface area contributed by atoms with Crippen LogP contribution in [0.1, 0.15) is 106 Å². The molecule has 7 nitrogen and oxygen atoms in total. The quantitative estimate of drug-likeness (QED) is 0.399. The van der Waals surface area contributed by atoms with Crippen LogP contribution < -0.4 is 11.1 Å². The van der Waals surface area contributed by atoms with E-state index in [0.717, 1.165) is 32.1 Å². The highest BCUT2D eigenvalue weighted by atomic mass is 16.5. The molecular weight excluding hydrogens is 480 g/mol. The van der Waals surface area contributed by atoms with Crippen molar-refractivity contribution in [2.45, 2.75) is 130 Å². The minimum Gasteiger partial charge on any atom is -0.461 e. The average molecular weight is 533 g/mol. The summed E-state index contributed by atoms with van der Waals surface area (Å²) in [5, 5.41) is 12.4. The standard InChI is InChI=1S/C31H52N2O5/c1-17(2)15-26(33-28(36)27(32)19(4)35)29(37)38-21-11-13-30(5)20(16-21)7-8-22-24-10-9-23(18(3)34)31(24,6)14-12-25(22)30/h17,19-27,35H,7-16,32H2,1-6H3,(H,33,36)/t19-,20+,21-,22+,23-,24+,25+,26+,27+,30+,31-/m1/s1. The fourth-order valence-corrected chi connectivity index (χ4v) is 9.41. The van der Waals surface area contributed by atoms with Crippen molar-refractivity contribution in [2.75, 3.05) is 0 Å². The van der Waals surface area contributed by atoms with Gasteiger partial charge in [0.25, 0.3) is 0 Å². The number of carbonyl (C=O) groups excluding carboxylic acids is 3. The maximum absolute atomic E-state index is 13.2. The molecule has 4 rings (SSSR count). The summed E-state index contributed by atoms with van der Waals surface area (Å²) in [7, 11) is 0. The minimum atomic E-state index is -1.08. The Kier molecular flexibility index (Phi) is 8.69. The van der Waals surface area contributed by atoms with Crippen LogP contribution in [0.25, 0.3) is 0 Å². The lowest BCUT2D eigenvalue weighted by molar-refractivity contribution is -0.166. The second kappa shape index (κ2) is 11.2. The molecule has 4 N–H and O–H groups in total. The van der Waals surface area contributed by atoms with E-state index in [4.69, 9.17) is 10.5 Å². The van der Waals surface area contributed by atoms with E-state index in [0.29, 0.717) is 35.9 Å². The van der Waals surface area contributed by atoms with Gasteiger partial charge in [0.05, 0.1) is 6.10 Å². The smallest absolute Gasteiger partial charge is 0.328 e. The lowest BCUT2D eigenvalue weighted by atomic mass is 9.44. The fraction of sp³-hybridized carbons (Fsp3) is 0.903. The molecule has 0 aliphatic heterocycles. The first kappa shape index (κ1) is 29.5. The maximum Gasteiger partial charge on any atom is 0.328 e. The zero-order valence-electron chi connectivity index (χ0n) is 24.5. The number of aliphatic hydroxyl groups is 1. The number of aliphatic hydroxyl groups excluding tert-OH is 1. The third kappa shape index (κ3) is 5.43. The van der Waals surface area contributed by atoms with Gasteiger partial charge in [-0.3, -0.25) is 9.59 Å². The molecule has 0 saturated heterocycles. The number of carbonyl (C=O) groups is 3. The number of hydrogen-bond acceptors (Lipinski definition) is 6. The number of rotatable bonds is 8. The van der Waals surface area contributed by atoms with E-state index in [1.807, 2.05) is 13.8 Å². The lowest BCUT2D eigenvalue weighted by Crippen LogP contribution is -2.55. The monoisotopic (exact) mass is 532 g/mol. The number of ether oxygens (including phenoxy) is 1. The van der Waals surface area contributed by atoms with Crippen LogP contribution in [0.3, 0.4) is 0 Å². The molecule has 0 radical (unpaired) electrons. The highest BCUT2D eigenvalue weighted by molar-refractivity contribution is 5.87. The molecule has 0 aromatic rings. The molecule has 11 atom stereocenters. The Morgan fingerprint density at radius 2 is 1.63 bits per heavy atom. The Hall–Kier alpha value is -1.47. The number of ketones is 1. The predicted molar refractivity (Wildman–Crippen MR) is 147 cm³/mol. The number of Topliss-reactive ketones (excluding diaryl/α,β-unsaturated/α-hetero) is 1. The highest BCUT2D eigenvalue weighted by Crippen LogP contribution is 2.67. The van der Waals surface area contributed by atoms with E-state index in [1.165, 1.54) is 32.6 Å². The molecular formula is C31H52N2O5. The zero-order valence-corrected chi connectivity index (χ0v) is 24.5. The number of fused-ring (bicyclic) bond motifs is 5. The van der Waals surface area contributed by atoms with Gasteiger partial charge in [-0.2, -0.15) is 0 Å². The molecule has 4 aliphatic rings. The molecule has 0 heterocycles. The van der Waals surface area contributed by atoms with Crippen molar-refractivity contribution in [1.82, 2.24) is 5.32 Å². The van der Waals surface area contributed by atoms with Crippen LogP contribution in [0.4, 0.5) is 0 Å². The number of esters is 1. The van der Waals surface area contributed by atoms with Crippen LogP contribution in [0.5, 0.6) is 0 Å². The molecule has 0 aromatic carbocycles. The second-order valence-electron chi connectivity index (χ2n) is 14.2. The van der Waals surface area contributed by atoms with E-state index in [-0.39, 0.29) is 34.7 Å². The Bertz CT molecular complexity index is 905. The molecule has 7 heteroatoms.